The molecule has 0 bridgehead atoms. The van der Waals surface area contributed by atoms with E-state index in [1.54, 1.807) is 0 Å². The summed E-state index contributed by atoms with van der Waals surface area (Å²) >= 11 is 0. The van der Waals surface area contributed by atoms with E-state index in [1.165, 1.54) is 0 Å². The third kappa shape index (κ3) is 2.62. The maximum Gasteiger partial charge on any atom is 0.303 e. The van der Waals surface area contributed by atoms with Crippen LogP contribution in [0.15, 0.2) is 36.4 Å². The van der Waals surface area contributed by atoms with Crippen molar-refractivity contribution in [2.75, 3.05) is 6.61 Å². The van der Waals surface area contributed by atoms with Crippen LogP contribution in [0.4, 0.5) is 0 Å². The van der Waals surface area contributed by atoms with Crippen LogP contribution in [-0.4, -0.2) is 17.7 Å². The molecule has 0 aliphatic heterocycles. The molecule has 0 spiro atoms. The number of carboxylic acid groups (broad SMARTS) is 1. The summed E-state index contributed by atoms with van der Waals surface area (Å²) < 4.78 is 5.58. The van der Waals surface area contributed by atoms with Gasteiger partial charge < -0.3 is 9.84 Å². The lowest BCUT2D eigenvalue weighted by Gasteiger charge is -2.11. The monoisotopic (exact) mass is 244 g/mol. The van der Waals surface area contributed by atoms with E-state index >= 15 is 0 Å². The van der Waals surface area contributed by atoms with Gasteiger partial charge in [0.1, 0.15) is 5.75 Å². The zero-order valence-electron chi connectivity index (χ0n) is 10.3. The average molecular weight is 244 g/mol. The fourth-order valence-corrected chi connectivity index (χ4v) is 2.07. The Labute approximate surface area is 106 Å². The number of aryl methyl sites for hydroxylation is 1. The Morgan fingerprint density at radius 3 is 2.56 bits per heavy atom. The summed E-state index contributed by atoms with van der Waals surface area (Å²) in [5.41, 5.74) is 1.05. The second kappa shape index (κ2) is 5.54. The summed E-state index contributed by atoms with van der Waals surface area (Å²) in [4.78, 5) is 10.7. The molecule has 0 aliphatic carbocycles. The van der Waals surface area contributed by atoms with Gasteiger partial charge in [0.05, 0.1) is 6.61 Å². The molecular formula is C15H16O3. The molecule has 0 amide bonds. The first-order valence-electron chi connectivity index (χ1n) is 6.07. The van der Waals surface area contributed by atoms with Gasteiger partial charge in [0.25, 0.3) is 0 Å². The second-order valence-corrected chi connectivity index (χ2v) is 4.10. The van der Waals surface area contributed by atoms with Crippen molar-refractivity contribution in [3.63, 3.8) is 0 Å². The minimum Gasteiger partial charge on any atom is -0.493 e. The molecule has 18 heavy (non-hydrogen) atoms. The standard InChI is InChI=1S/C15H16O3/c1-2-18-14-9-7-11(8-10-15(16)17)12-5-3-4-6-13(12)14/h3-7,9H,2,8,10H2,1H3,(H,16,17). The van der Waals surface area contributed by atoms with Gasteiger partial charge in [-0.05, 0) is 30.4 Å². The van der Waals surface area contributed by atoms with E-state index in [4.69, 9.17) is 9.84 Å². The lowest BCUT2D eigenvalue weighted by atomic mass is 10.0. The molecule has 1 N–H and O–H groups in total. The highest BCUT2D eigenvalue weighted by Gasteiger charge is 2.07. The highest BCUT2D eigenvalue weighted by Crippen LogP contribution is 2.29. The number of carboxylic acids is 1. The number of rotatable bonds is 5. The number of benzene rings is 2. The van der Waals surface area contributed by atoms with Crippen molar-refractivity contribution in [3.05, 3.63) is 42.0 Å². The van der Waals surface area contributed by atoms with Crippen LogP contribution in [0.5, 0.6) is 5.75 Å². The molecule has 0 radical (unpaired) electrons. The van der Waals surface area contributed by atoms with E-state index in [2.05, 4.69) is 0 Å². The molecule has 0 fully saturated rings. The Bertz CT molecular complexity index is 561. The SMILES string of the molecule is CCOc1ccc(CCC(=O)O)c2ccccc12. The van der Waals surface area contributed by atoms with Gasteiger partial charge in [-0.15, -0.1) is 0 Å². The molecule has 0 aliphatic rings. The number of fused-ring (bicyclic) bond motifs is 1. The quantitative estimate of drug-likeness (QED) is 0.878. The van der Waals surface area contributed by atoms with Gasteiger partial charge in [-0.1, -0.05) is 30.3 Å². The summed E-state index contributed by atoms with van der Waals surface area (Å²) in [6, 6.07) is 11.8. The van der Waals surface area contributed by atoms with Crippen LogP contribution < -0.4 is 4.74 Å². The van der Waals surface area contributed by atoms with Gasteiger partial charge in [-0.25, -0.2) is 0 Å². The van der Waals surface area contributed by atoms with E-state index in [1.807, 2.05) is 43.3 Å². The zero-order valence-corrected chi connectivity index (χ0v) is 10.3. The molecule has 0 saturated carbocycles. The minimum absolute atomic E-state index is 0.151. The first-order chi connectivity index (χ1) is 8.72. The predicted octanol–water partition coefficient (Wildman–Crippen LogP) is 3.26. The van der Waals surface area contributed by atoms with E-state index in [0.717, 1.165) is 22.1 Å². The number of aliphatic carboxylic acids is 1. The maximum atomic E-state index is 10.7. The van der Waals surface area contributed by atoms with Crippen molar-refractivity contribution in [3.8, 4) is 5.75 Å². The van der Waals surface area contributed by atoms with Crippen LogP contribution in [0.2, 0.25) is 0 Å². The summed E-state index contributed by atoms with van der Waals surface area (Å²) in [7, 11) is 0. The highest BCUT2D eigenvalue weighted by atomic mass is 16.5. The van der Waals surface area contributed by atoms with E-state index in [0.29, 0.717) is 13.0 Å². The molecule has 2 aromatic carbocycles. The summed E-state index contributed by atoms with van der Waals surface area (Å²) in [5.74, 6) is 0.0835. The molecule has 2 aromatic rings. The van der Waals surface area contributed by atoms with Gasteiger partial charge in [0, 0.05) is 11.8 Å². The Hall–Kier alpha value is -2.03. The second-order valence-electron chi connectivity index (χ2n) is 4.10. The fourth-order valence-electron chi connectivity index (χ4n) is 2.07. The minimum atomic E-state index is -0.770. The molecule has 0 unspecified atom stereocenters. The molecular weight excluding hydrogens is 228 g/mol. The van der Waals surface area contributed by atoms with Crippen molar-refractivity contribution in [1.82, 2.24) is 0 Å². The molecule has 3 heteroatoms. The van der Waals surface area contributed by atoms with Crippen molar-refractivity contribution >= 4 is 16.7 Å². The highest BCUT2D eigenvalue weighted by molar-refractivity contribution is 5.91. The van der Waals surface area contributed by atoms with Crippen molar-refractivity contribution in [1.29, 1.82) is 0 Å². The topological polar surface area (TPSA) is 46.5 Å². The lowest BCUT2D eigenvalue weighted by molar-refractivity contribution is -0.136. The van der Waals surface area contributed by atoms with E-state index in [-0.39, 0.29) is 6.42 Å². The van der Waals surface area contributed by atoms with Crippen LogP contribution in [0.1, 0.15) is 18.9 Å². The van der Waals surface area contributed by atoms with Crippen LogP contribution in [0, 0.1) is 0 Å². The molecule has 2 rings (SSSR count). The third-order valence-corrected chi connectivity index (χ3v) is 2.88. The number of hydrogen-bond donors (Lipinski definition) is 1. The van der Waals surface area contributed by atoms with Gasteiger partial charge in [0.2, 0.25) is 0 Å². The molecule has 0 aromatic heterocycles. The van der Waals surface area contributed by atoms with Gasteiger partial charge >= 0.3 is 5.97 Å². The van der Waals surface area contributed by atoms with Gasteiger partial charge in [0.15, 0.2) is 0 Å². The van der Waals surface area contributed by atoms with Crippen LogP contribution in [0.3, 0.4) is 0 Å². The van der Waals surface area contributed by atoms with Gasteiger partial charge in [-0.3, -0.25) is 4.79 Å². The zero-order chi connectivity index (χ0) is 13.0. The number of ether oxygens (including phenoxy) is 1. The first-order valence-corrected chi connectivity index (χ1v) is 6.07. The normalized spacial score (nSPS) is 10.5. The first kappa shape index (κ1) is 12.4. The fraction of sp³-hybridized carbons (Fsp3) is 0.267. The van der Waals surface area contributed by atoms with Crippen LogP contribution in [-0.2, 0) is 11.2 Å². The van der Waals surface area contributed by atoms with E-state index < -0.39 is 5.97 Å². The molecule has 0 atom stereocenters. The largest absolute Gasteiger partial charge is 0.493 e. The van der Waals surface area contributed by atoms with Crippen molar-refractivity contribution < 1.29 is 14.6 Å². The number of hydrogen-bond acceptors (Lipinski definition) is 2. The van der Waals surface area contributed by atoms with Crippen molar-refractivity contribution in [2.45, 2.75) is 19.8 Å². The summed E-state index contributed by atoms with van der Waals surface area (Å²) in [6.07, 6.45) is 0.695. The third-order valence-electron chi connectivity index (χ3n) is 2.88. The van der Waals surface area contributed by atoms with Crippen LogP contribution in [0.25, 0.3) is 10.8 Å². The predicted molar refractivity (Wildman–Crippen MR) is 71.1 cm³/mol. The molecule has 0 heterocycles. The molecule has 0 saturated heterocycles. The Morgan fingerprint density at radius 2 is 1.89 bits per heavy atom. The Morgan fingerprint density at radius 1 is 1.17 bits per heavy atom. The average Bonchev–Trinajstić information content (AvgIpc) is 2.38. The Balaban J connectivity index is 2.43. The lowest BCUT2D eigenvalue weighted by Crippen LogP contribution is -1.99. The van der Waals surface area contributed by atoms with Gasteiger partial charge in [-0.2, -0.15) is 0 Å². The molecule has 3 nitrogen and oxygen atoms in total. The van der Waals surface area contributed by atoms with Crippen molar-refractivity contribution in [2.24, 2.45) is 0 Å². The Kier molecular flexibility index (Phi) is 3.82. The smallest absolute Gasteiger partial charge is 0.303 e. The number of carbonyl (C=O) groups is 1. The molecule has 94 valence electrons. The summed E-state index contributed by atoms with van der Waals surface area (Å²) in [5, 5.41) is 10.9. The summed E-state index contributed by atoms with van der Waals surface area (Å²) in [6.45, 7) is 2.57. The maximum absolute atomic E-state index is 10.7. The van der Waals surface area contributed by atoms with E-state index in [9.17, 15) is 4.79 Å². The van der Waals surface area contributed by atoms with Crippen LogP contribution >= 0.6 is 0 Å².